The summed E-state index contributed by atoms with van der Waals surface area (Å²) in [5.74, 6) is -0.507. The lowest BCUT2D eigenvalue weighted by atomic mass is 10.0. The molecule has 3 rings (SSSR count). The van der Waals surface area contributed by atoms with E-state index in [1.54, 1.807) is 30.3 Å². The minimum Gasteiger partial charge on any atom is -0.465 e. The number of para-hydroxylation sites is 1. The molecule has 0 atom stereocenters. The van der Waals surface area contributed by atoms with Crippen LogP contribution in [0, 0.1) is 5.82 Å². The summed E-state index contributed by atoms with van der Waals surface area (Å²) in [7, 11) is 0. The summed E-state index contributed by atoms with van der Waals surface area (Å²) in [6, 6.07) is 12.4. The second kappa shape index (κ2) is 5.92. The number of hydrogen-bond donors (Lipinski definition) is 2. The van der Waals surface area contributed by atoms with Crippen molar-refractivity contribution in [3.05, 3.63) is 70.3 Å². The van der Waals surface area contributed by atoms with Gasteiger partial charge in [0.15, 0.2) is 0 Å². The fourth-order valence-corrected chi connectivity index (χ4v) is 2.41. The van der Waals surface area contributed by atoms with E-state index >= 15 is 0 Å². The zero-order valence-corrected chi connectivity index (χ0v) is 11.9. The zero-order chi connectivity index (χ0) is 16.4. The molecule has 0 radical (unpaired) electrons. The van der Waals surface area contributed by atoms with Crippen molar-refractivity contribution in [2.45, 2.75) is 6.54 Å². The lowest BCUT2D eigenvalue weighted by Crippen LogP contribution is -2.22. The lowest BCUT2D eigenvalue weighted by molar-refractivity contribution is 0.193. The molecule has 0 aliphatic rings. The number of nitrogens with one attached hydrogen (secondary N) is 1. The summed E-state index contributed by atoms with van der Waals surface area (Å²) >= 11 is 0. The van der Waals surface area contributed by atoms with E-state index in [1.165, 1.54) is 18.2 Å². The smallest absolute Gasteiger partial charge is 0.405 e. The Hall–Kier alpha value is -3.15. The van der Waals surface area contributed by atoms with Crippen LogP contribution in [0.25, 0.3) is 22.1 Å². The van der Waals surface area contributed by atoms with E-state index in [9.17, 15) is 14.0 Å². The number of benzene rings is 2. The first-order valence-corrected chi connectivity index (χ1v) is 6.84. The Morgan fingerprint density at radius 2 is 1.83 bits per heavy atom. The summed E-state index contributed by atoms with van der Waals surface area (Å²) in [5.41, 5.74) is 0.0173. The molecule has 0 saturated heterocycles. The van der Waals surface area contributed by atoms with Gasteiger partial charge in [0.1, 0.15) is 17.2 Å². The Labute approximate surface area is 130 Å². The van der Waals surface area contributed by atoms with Crippen molar-refractivity contribution in [2.75, 3.05) is 0 Å². The highest BCUT2D eigenvalue weighted by atomic mass is 19.1. The molecule has 0 unspecified atom stereocenters. The Morgan fingerprint density at radius 1 is 1.13 bits per heavy atom. The Morgan fingerprint density at radius 3 is 2.57 bits per heavy atom. The first kappa shape index (κ1) is 14.8. The number of rotatable bonds is 3. The molecule has 2 aromatic carbocycles. The van der Waals surface area contributed by atoms with Gasteiger partial charge in [-0.15, -0.1) is 0 Å². The van der Waals surface area contributed by atoms with Crippen LogP contribution in [0.2, 0.25) is 0 Å². The fraction of sp³-hybridized carbons (Fsp3) is 0.0588. The van der Waals surface area contributed by atoms with Crippen LogP contribution in [-0.2, 0) is 6.54 Å². The van der Waals surface area contributed by atoms with Crippen molar-refractivity contribution in [3.63, 3.8) is 0 Å². The normalized spacial score (nSPS) is 10.7. The van der Waals surface area contributed by atoms with Gasteiger partial charge in [-0.2, -0.15) is 0 Å². The van der Waals surface area contributed by atoms with Crippen LogP contribution in [-0.4, -0.2) is 11.2 Å². The summed E-state index contributed by atoms with van der Waals surface area (Å²) < 4.78 is 19.8. The highest BCUT2D eigenvalue weighted by Crippen LogP contribution is 2.26. The Kier molecular flexibility index (Phi) is 3.80. The third-order valence-corrected chi connectivity index (χ3v) is 3.41. The van der Waals surface area contributed by atoms with Crippen molar-refractivity contribution in [2.24, 2.45) is 0 Å². The van der Waals surface area contributed by atoms with Gasteiger partial charge in [0, 0.05) is 5.56 Å². The molecule has 3 aromatic rings. The van der Waals surface area contributed by atoms with Gasteiger partial charge < -0.3 is 14.8 Å². The van der Waals surface area contributed by atoms with E-state index in [-0.39, 0.29) is 23.4 Å². The Bertz CT molecular complexity index is 949. The predicted octanol–water partition coefficient (Wildman–Crippen LogP) is 3.37. The number of amides is 1. The third-order valence-electron chi connectivity index (χ3n) is 3.41. The van der Waals surface area contributed by atoms with Crippen LogP contribution in [0.5, 0.6) is 0 Å². The summed E-state index contributed by atoms with van der Waals surface area (Å²) in [4.78, 5) is 23.5. The third kappa shape index (κ3) is 2.78. The monoisotopic (exact) mass is 313 g/mol. The van der Waals surface area contributed by atoms with Crippen molar-refractivity contribution >= 4 is 17.1 Å². The molecule has 116 valence electrons. The second-order valence-corrected chi connectivity index (χ2v) is 4.86. The Balaban J connectivity index is 2.30. The van der Waals surface area contributed by atoms with Gasteiger partial charge in [-0.1, -0.05) is 30.3 Å². The van der Waals surface area contributed by atoms with E-state index in [4.69, 9.17) is 9.52 Å². The highest BCUT2D eigenvalue weighted by Gasteiger charge is 2.19. The van der Waals surface area contributed by atoms with Crippen molar-refractivity contribution in [1.29, 1.82) is 0 Å². The number of carboxylic acid groups (broad SMARTS) is 1. The molecule has 5 nitrogen and oxygen atoms in total. The minimum absolute atomic E-state index is 0.0237. The maximum absolute atomic E-state index is 14.1. The van der Waals surface area contributed by atoms with Gasteiger partial charge >= 0.3 is 6.09 Å². The summed E-state index contributed by atoms with van der Waals surface area (Å²) in [6.45, 7) is -0.237. The number of carbonyl (C=O) groups is 1. The van der Waals surface area contributed by atoms with E-state index < -0.39 is 17.3 Å². The van der Waals surface area contributed by atoms with Crippen molar-refractivity contribution in [1.82, 2.24) is 5.32 Å². The lowest BCUT2D eigenvalue weighted by Gasteiger charge is -2.10. The number of halogens is 1. The number of hydrogen-bond acceptors (Lipinski definition) is 3. The van der Waals surface area contributed by atoms with Gasteiger partial charge in [0.25, 0.3) is 0 Å². The average Bonchev–Trinajstić information content (AvgIpc) is 2.54. The second-order valence-electron chi connectivity index (χ2n) is 4.86. The first-order valence-electron chi connectivity index (χ1n) is 6.84. The van der Waals surface area contributed by atoms with Gasteiger partial charge in [-0.05, 0) is 18.2 Å². The minimum atomic E-state index is -1.26. The molecule has 1 aromatic heterocycles. The average molecular weight is 313 g/mol. The largest absolute Gasteiger partial charge is 0.465 e. The van der Waals surface area contributed by atoms with E-state index in [0.717, 1.165) is 0 Å². The van der Waals surface area contributed by atoms with Crippen molar-refractivity contribution < 1.29 is 18.7 Å². The van der Waals surface area contributed by atoms with Crippen LogP contribution < -0.4 is 10.7 Å². The molecular weight excluding hydrogens is 301 g/mol. The van der Waals surface area contributed by atoms with Crippen molar-refractivity contribution in [3.8, 4) is 11.1 Å². The van der Waals surface area contributed by atoms with Gasteiger partial charge in [-0.3, -0.25) is 4.79 Å². The van der Waals surface area contributed by atoms with Crippen LogP contribution in [0.1, 0.15) is 5.76 Å². The molecule has 0 saturated carbocycles. The molecular formula is C17H12FNO4. The highest BCUT2D eigenvalue weighted by molar-refractivity contribution is 5.83. The molecule has 23 heavy (non-hydrogen) atoms. The topological polar surface area (TPSA) is 79.5 Å². The molecule has 0 aliphatic heterocycles. The molecule has 1 amide bonds. The van der Waals surface area contributed by atoms with Crippen LogP contribution in [0.3, 0.4) is 0 Å². The molecule has 0 bridgehead atoms. The molecule has 0 aliphatic carbocycles. The maximum atomic E-state index is 14.1. The van der Waals surface area contributed by atoms with E-state index in [1.807, 2.05) is 0 Å². The van der Waals surface area contributed by atoms with Gasteiger partial charge in [0.05, 0.1) is 17.5 Å². The molecule has 1 heterocycles. The molecule has 0 fully saturated rings. The van der Waals surface area contributed by atoms with Gasteiger partial charge in [0.2, 0.25) is 5.43 Å². The van der Waals surface area contributed by atoms with Crippen LogP contribution in [0.4, 0.5) is 9.18 Å². The van der Waals surface area contributed by atoms with E-state index in [2.05, 4.69) is 5.32 Å². The summed E-state index contributed by atoms with van der Waals surface area (Å²) in [5, 5.41) is 11.2. The quantitative estimate of drug-likeness (QED) is 0.777. The maximum Gasteiger partial charge on any atom is 0.405 e. The van der Waals surface area contributed by atoms with Crippen LogP contribution in [0.15, 0.2) is 57.7 Å². The first-order chi connectivity index (χ1) is 11.1. The standard InChI is InChI=1S/C17H12FNO4/c18-12-7-3-1-5-10(12)15-14(9-19-17(21)22)23-13-8-4-2-6-11(13)16(15)20/h1-8,19H,9H2,(H,21,22). The molecule has 6 heteroatoms. The fourth-order valence-electron chi connectivity index (χ4n) is 2.41. The zero-order valence-electron chi connectivity index (χ0n) is 11.9. The van der Waals surface area contributed by atoms with Gasteiger partial charge in [-0.25, -0.2) is 9.18 Å². The van der Waals surface area contributed by atoms with E-state index in [0.29, 0.717) is 11.0 Å². The van der Waals surface area contributed by atoms with Crippen LogP contribution >= 0.6 is 0 Å². The molecule has 0 spiro atoms. The summed E-state index contributed by atoms with van der Waals surface area (Å²) in [6.07, 6.45) is -1.26. The predicted molar refractivity (Wildman–Crippen MR) is 82.7 cm³/mol. The SMILES string of the molecule is O=C(O)NCc1oc2ccccc2c(=O)c1-c1ccccc1F. The molecule has 2 N–H and O–H groups in total. The number of fused-ring (bicyclic) bond motifs is 1.